The van der Waals surface area contributed by atoms with Crippen molar-refractivity contribution in [3.8, 4) is 0 Å². The molecule has 58 valence electrons. The number of hydrogen-bond donors (Lipinski definition) is 1. The van der Waals surface area contributed by atoms with Crippen LogP contribution in [0.3, 0.4) is 0 Å². The Labute approximate surface area is 56.2 Å². The van der Waals surface area contributed by atoms with Gasteiger partial charge in [0.25, 0.3) is 0 Å². The van der Waals surface area contributed by atoms with E-state index in [1.807, 2.05) is 0 Å². The third kappa shape index (κ3) is 4.08. The first-order chi connectivity index (χ1) is 4.54. The van der Waals surface area contributed by atoms with Crippen LogP contribution in [0.15, 0.2) is 0 Å². The fraction of sp³-hybridized carbons (Fsp3) is 0.600. The van der Waals surface area contributed by atoms with E-state index in [1.54, 1.807) is 0 Å². The highest BCUT2D eigenvalue weighted by Crippen LogP contribution is 1.97. The Kier molecular flexibility index (Phi) is 3.71. The van der Waals surface area contributed by atoms with Crippen LogP contribution >= 0.6 is 0 Å². The van der Waals surface area contributed by atoms with Crippen molar-refractivity contribution in [3.05, 3.63) is 0 Å². The summed E-state index contributed by atoms with van der Waals surface area (Å²) in [5.41, 5.74) is 4.82. The van der Waals surface area contributed by atoms with Gasteiger partial charge in [0.2, 0.25) is 0 Å². The first-order valence-corrected chi connectivity index (χ1v) is 2.67. The molecule has 0 aromatic rings. The number of carbonyl (C=O) groups is 2. The van der Waals surface area contributed by atoms with Gasteiger partial charge in [-0.2, -0.15) is 8.78 Å². The van der Waals surface area contributed by atoms with Crippen LogP contribution in [0, 0.1) is 0 Å². The minimum absolute atomic E-state index is 0.273. The lowest BCUT2D eigenvalue weighted by atomic mass is 10.2. The van der Waals surface area contributed by atoms with E-state index in [0.29, 0.717) is 0 Å². The first-order valence-electron chi connectivity index (χ1n) is 2.67. The van der Waals surface area contributed by atoms with Gasteiger partial charge in [0.05, 0.1) is 6.04 Å². The molecule has 0 aliphatic heterocycles. The number of hydrogen-bond acceptors (Lipinski definition) is 3. The topological polar surface area (TPSA) is 60.2 Å². The molecule has 1 unspecified atom stereocenters. The molecule has 0 saturated carbocycles. The highest BCUT2D eigenvalue weighted by atomic mass is 19.1. The van der Waals surface area contributed by atoms with Crippen LogP contribution in [0.2, 0.25) is 0 Å². The average Bonchev–Trinajstić information content (AvgIpc) is 1.82. The fourth-order valence-electron chi connectivity index (χ4n) is 0.382. The summed E-state index contributed by atoms with van der Waals surface area (Å²) in [6.45, 7) is 0. The van der Waals surface area contributed by atoms with Gasteiger partial charge in [0, 0.05) is 6.42 Å². The van der Waals surface area contributed by atoms with Gasteiger partial charge in [-0.1, -0.05) is 0 Å². The lowest BCUT2D eigenvalue weighted by Gasteiger charge is -1.99. The minimum Gasteiger partial charge on any atom is -0.319 e. The van der Waals surface area contributed by atoms with Crippen molar-refractivity contribution < 1.29 is 18.4 Å². The average molecular weight is 151 g/mol. The summed E-state index contributed by atoms with van der Waals surface area (Å²) in [5.74, 6) is 0. The van der Waals surface area contributed by atoms with E-state index < -0.39 is 24.5 Å². The maximum absolute atomic E-state index is 11.5. The van der Waals surface area contributed by atoms with Crippen molar-refractivity contribution in [1.82, 2.24) is 0 Å². The van der Waals surface area contributed by atoms with Gasteiger partial charge in [-0.25, -0.2) is 0 Å². The lowest BCUT2D eigenvalue weighted by molar-refractivity contribution is -0.131. The summed E-state index contributed by atoms with van der Waals surface area (Å²) in [6, 6.07) is -4.67. The Bertz CT molecular complexity index is 149. The Morgan fingerprint density at radius 2 is 1.90 bits per heavy atom. The van der Waals surface area contributed by atoms with E-state index in [4.69, 9.17) is 5.73 Å². The van der Waals surface area contributed by atoms with Crippen LogP contribution in [-0.2, 0) is 9.59 Å². The summed E-state index contributed by atoms with van der Waals surface area (Å²) < 4.78 is 22.9. The third-order valence-corrected chi connectivity index (χ3v) is 0.943. The van der Waals surface area contributed by atoms with Crippen molar-refractivity contribution in [2.45, 2.75) is 18.9 Å². The predicted molar refractivity (Wildman–Crippen MR) is 29.4 cm³/mol. The van der Waals surface area contributed by atoms with Gasteiger partial charge in [-0.05, 0) is 6.42 Å². The molecule has 0 rings (SSSR count). The number of carbonyl (C=O) groups excluding carboxylic acids is 2. The second-order valence-electron chi connectivity index (χ2n) is 1.80. The van der Waals surface area contributed by atoms with Crippen LogP contribution in [0.1, 0.15) is 12.8 Å². The van der Waals surface area contributed by atoms with Crippen LogP contribution < -0.4 is 5.73 Å². The molecule has 2 N–H and O–H groups in total. The van der Waals surface area contributed by atoms with Crippen LogP contribution in [0.25, 0.3) is 0 Å². The minimum atomic E-state index is -1.72. The quantitative estimate of drug-likeness (QED) is 0.579. The van der Waals surface area contributed by atoms with Gasteiger partial charge in [0.15, 0.2) is 0 Å². The van der Waals surface area contributed by atoms with E-state index in [2.05, 4.69) is 0 Å². The molecule has 1 atom stereocenters. The maximum atomic E-state index is 11.5. The fourth-order valence-corrected chi connectivity index (χ4v) is 0.382. The standard InChI is InChI=1S/C5H7F2NO2/c6-4(9)2-1-3(8)5(7)10/h3H,1-2,8H2. The molecule has 0 bridgehead atoms. The van der Waals surface area contributed by atoms with Crippen molar-refractivity contribution in [3.63, 3.8) is 0 Å². The van der Waals surface area contributed by atoms with E-state index in [1.165, 1.54) is 0 Å². The van der Waals surface area contributed by atoms with Crippen molar-refractivity contribution in [2.75, 3.05) is 0 Å². The summed E-state index contributed by atoms with van der Waals surface area (Å²) >= 11 is 0. The molecule has 0 radical (unpaired) electrons. The lowest BCUT2D eigenvalue weighted by Crippen LogP contribution is -2.27. The van der Waals surface area contributed by atoms with Gasteiger partial charge >= 0.3 is 12.1 Å². The van der Waals surface area contributed by atoms with Gasteiger partial charge in [0.1, 0.15) is 0 Å². The molecule has 0 spiro atoms. The summed E-state index contributed by atoms with van der Waals surface area (Å²) in [5, 5.41) is 0. The van der Waals surface area contributed by atoms with Gasteiger partial charge < -0.3 is 5.73 Å². The molecule has 10 heavy (non-hydrogen) atoms. The van der Waals surface area contributed by atoms with E-state index in [-0.39, 0.29) is 6.42 Å². The van der Waals surface area contributed by atoms with E-state index in [0.717, 1.165) is 0 Å². The number of halogens is 2. The predicted octanol–water partition coefficient (Wildman–Crippen LogP) is 0.0861. The Balaban J connectivity index is 3.49. The summed E-state index contributed by atoms with van der Waals surface area (Å²) in [7, 11) is 0. The molecule has 0 amide bonds. The molecule has 5 heteroatoms. The summed E-state index contributed by atoms with van der Waals surface area (Å²) in [4.78, 5) is 19.3. The molecule has 0 fully saturated rings. The van der Waals surface area contributed by atoms with Crippen LogP contribution in [0.5, 0.6) is 0 Å². The normalized spacial score (nSPS) is 12.7. The van der Waals surface area contributed by atoms with Gasteiger partial charge in [-0.3, -0.25) is 9.59 Å². The molecule has 0 saturated heterocycles. The van der Waals surface area contributed by atoms with E-state index in [9.17, 15) is 18.4 Å². The first kappa shape index (κ1) is 9.16. The molecular formula is C5H7F2NO2. The van der Waals surface area contributed by atoms with Gasteiger partial charge in [-0.15, -0.1) is 0 Å². The highest BCUT2D eigenvalue weighted by molar-refractivity contribution is 5.75. The molecule has 0 aromatic heterocycles. The van der Waals surface area contributed by atoms with E-state index >= 15 is 0 Å². The molecule has 0 aromatic carbocycles. The van der Waals surface area contributed by atoms with Crippen LogP contribution in [-0.4, -0.2) is 18.1 Å². The zero-order valence-corrected chi connectivity index (χ0v) is 5.14. The largest absolute Gasteiger partial charge is 0.319 e. The molecule has 0 aliphatic rings. The smallest absolute Gasteiger partial charge is 0.318 e. The number of nitrogens with two attached hydrogens (primary N) is 1. The Morgan fingerprint density at radius 3 is 2.20 bits per heavy atom. The second kappa shape index (κ2) is 4.05. The van der Waals surface area contributed by atoms with Crippen molar-refractivity contribution >= 4 is 12.1 Å². The molecule has 3 nitrogen and oxygen atoms in total. The van der Waals surface area contributed by atoms with Crippen molar-refractivity contribution in [1.29, 1.82) is 0 Å². The number of rotatable bonds is 4. The zero-order chi connectivity index (χ0) is 8.15. The third-order valence-electron chi connectivity index (χ3n) is 0.943. The molecular weight excluding hydrogens is 144 g/mol. The summed E-state index contributed by atoms with van der Waals surface area (Å²) in [6.07, 6.45) is -0.776. The van der Waals surface area contributed by atoms with Crippen LogP contribution in [0.4, 0.5) is 8.78 Å². The maximum Gasteiger partial charge on any atom is 0.318 e. The second-order valence-corrected chi connectivity index (χ2v) is 1.80. The SMILES string of the molecule is NC(CCC(=O)F)C(=O)F. The zero-order valence-electron chi connectivity index (χ0n) is 5.14. The monoisotopic (exact) mass is 151 g/mol. The Morgan fingerprint density at radius 1 is 1.40 bits per heavy atom. The molecule has 0 heterocycles. The molecule has 0 aliphatic carbocycles. The highest BCUT2D eigenvalue weighted by Gasteiger charge is 2.13. The Hall–Kier alpha value is -0.840. The van der Waals surface area contributed by atoms with Crippen molar-refractivity contribution in [2.24, 2.45) is 5.73 Å².